The number of hydrogen-bond acceptors (Lipinski definition) is 3. The van der Waals surface area contributed by atoms with Crippen LogP contribution in [0.2, 0.25) is 0 Å². The molecule has 0 aliphatic rings. The fourth-order valence-electron chi connectivity index (χ4n) is 5.11. The van der Waals surface area contributed by atoms with E-state index in [4.69, 9.17) is 9.72 Å². The van der Waals surface area contributed by atoms with Gasteiger partial charge in [-0.1, -0.05) is 79.7 Å². The van der Waals surface area contributed by atoms with Gasteiger partial charge in [-0.15, -0.1) is 0 Å². The second kappa shape index (κ2) is 11.0. The first kappa shape index (κ1) is 24.7. The number of amides is 1. The molecule has 0 bridgehead atoms. The molecule has 1 aromatic heterocycles. The smallest absolute Gasteiger partial charge is 0.248 e. The van der Waals surface area contributed by atoms with Crippen molar-refractivity contribution in [3.63, 3.8) is 0 Å². The fourth-order valence-corrected chi connectivity index (χ4v) is 5.11. The predicted molar refractivity (Wildman–Crippen MR) is 151 cm³/mol. The zero-order valence-electron chi connectivity index (χ0n) is 21.8. The summed E-state index contributed by atoms with van der Waals surface area (Å²) < 4.78 is 7.86. The van der Waals surface area contributed by atoms with Crippen LogP contribution in [-0.4, -0.2) is 28.8 Å². The van der Waals surface area contributed by atoms with Gasteiger partial charge in [-0.2, -0.15) is 0 Å². The van der Waals surface area contributed by atoms with Gasteiger partial charge in [0.1, 0.15) is 19.1 Å². The Morgan fingerprint density at radius 2 is 1.62 bits per heavy atom. The summed E-state index contributed by atoms with van der Waals surface area (Å²) >= 11 is 0. The Kier molecular flexibility index (Phi) is 7.33. The van der Waals surface area contributed by atoms with Crippen molar-refractivity contribution >= 4 is 33.4 Å². The van der Waals surface area contributed by atoms with E-state index >= 15 is 0 Å². The summed E-state index contributed by atoms with van der Waals surface area (Å²) in [6.07, 6.45) is 1.48. The first-order valence-corrected chi connectivity index (χ1v) is 13.0. The molecule has 0 aliphatic heterocycles. The second-order valence-electron chi connectivity index (χ2n) is 9.30. The van der Waals surface area contributed by atoms with Gasteiger partial charge in [-0.3, -0.25) is 9.69 Å². The maximum Gasteiger partial charge on any atom is 0.248 e. The van der Waals surface area contributed by atoms with Crippen molar-refractivity contribution in [2.45, 2.75) is 40.2 Å². The van der Waals surface area contributed by atoms with Gasteiger partial charge in [0.15, 0.2) is 0 Å². The molecule has 5 heteroatoms. The van der Waals surface area contributed by atoms with Crippen LogP contribution < -0.4 is 4.90 Å². The van der Waals surface area contributed by atoms with Crippen LogP contribution in [0.15, 0.2) is 84.9 Å². The van der Waals surface area contributed by atoms with Crippen molar-refractivity contribution in [1.82, 2.24) is 9.55 Å². The number of benzene rings is 4. The molecule has 37 heavy (non-hydrogen) atoms. The van der Waals surface area contributed by atoms with E-state index in [1.54, 1.807) is 4.90 Å². The van der Waals surface area contributed by atoms with E-state index in [-0.39, 0.29) is 19.2 Å². The molecule has 1 heterocycles. The number of anilines is 1. The minimum Gasteiger partial charge on any atom is -0.361 e. The fraction of sp³-hybridized carbons (Fsp3) is 0.250. The topological polar surface area (TPSA) is 47.4 Å². The van der Waals surface area contributed by atoms with E-state index in [9.17, 15) is 4.79 Å². The van der Waals surface area contributed by atoms with Gasteiger partial charge in [0, 0.05) is 13.0 Å². The van der Waals surface area contributed by atoms with Crippen molar-refractivity contribution < 1.29 is 9.53 Å². The van der Waals surface area contributed by atoms with Gasteiger partial charge in [-0.05, 0) is 59.9 Å². The molecule has 0 spiro atoms. The zero-order valence-corrected chi connectivity index (χ0v) is 21.8. The molecular formula is C32H33N3O2. The molecule has 0 atom stereocenters. The van der Waals surface area contributed by atoms with Gasteiger partial charge in [0.2, 0.25) is 5.91 Å². The summed E-state index contributed by atoms with van der Waals surface area (Å²) in [6, 6.07) is 29.0. The summed E-state index contributed by atoms with van der Waals surface area (Å²) in [7, 11) is 0. The number of carbonyl (C=O) groups is 1. The Labute approximate surface area is 218 Å². The highest BCUT2D eigenvalue weighted by molar-refractivity contribution is 5.95. The number of aromatic nitrogens is 2. The van der Waals surface area contributed by atoms with E-state index in [0.29, 0.717) is 13.0 Å². The van der Waals surface area contributed by atoms with Crippen LogP contribution in [-0.2, 0) is 28.9 Å². The van der Waals surface area contributed by atoms with Gasteiger partial charge in [-0.25, -0.2) is 4.98 Å². The van der Waals surface area contributed by atoms with E-state index in [0.717, 1.165) is 40.1 Å². The van der Waals surface area contributed by atoms with Gasteiger partial charge in [0.05, 0.1) is 16.7 Å². The highest BCUT2D eigenvalue weighted by Gasteiger charge is 2.23. The van der Waals surface area contributed by atoms with Gasteiger partial charge in [0.25, 0.3) is 0 Å². The number of rotatable bonds is 9. The summed E-state index contributed by atoms with van der Waals surface area (Å²) in [5, 5.41) is 2.41. The predicted octanol–water partition coefficient (Wildman–Crippen LogP) is 6.68. The molecule has 0 saturated carbocycles. The summed E-state index contributed by atoms with van der Waals surface area (Å²) in [5.41, 5.74) is 6.21. The van der Waals surface area contributed by atoms with Crippen molar-refractivity contribution in [2.75, 3.05) is 18.2 Å². The molecule has 1 amide bonds. The lowest BCUT2D eigenvalue weighted by Gasteiger charge is -2.27. The highest BCUT2D eigenvalue weighted by atomic mass is 16.5. The SMILES string of the molecule is CCOCN(C(=O)Cn1c(Cc2cccc3ccccc23)nc2ccccc21)c1c(C)cccc1CC. The molecule has 0 N–H and O–H groups in total. The number of imidazole rings is 1. The lowest BCUT2D eigenvalue weighted by Crippen LogP contribution is -2.37. The molecular weight excluding hydrogens is 458 g/mol. The Morgan fingerprint density at radius 3 is 2.46 bits per heavy atom. The molecule has 0 fully saturated rings. The molecule has 5 nitrogen and oxygen atoms in total. The average Bonchev–Trinajstić information content (AvgIpc) is 3.26. The number of para-hydroxylation sites is 3. The summed E-state index contributed by atoms with van der Waals surface area (Å²) in [5.74, 6) is 0.863. The number of hydrogen-bond donors (Lipinski definition) is 0. The first-order chi connectivity index (χ1) is 18.1. The molecule has 0 radical (unpaired) electrons. The van der Waals surface area contributed by atoms with Gasteiger partial charge >= 0.3 is 0 Å². The van der Waals surface area contributed by atoms with Crippen molar-refractivity contribution in [3.05, 3.63) is 107 Å². The van der Waals surface area contributed by atoms with Crippen LogP contribution in [0.25, 0.3) is 21.8 Å². The molecule has 5 rings (SSSR count). The lowest BCUT2D eigenvalue weighted by molar-refractivity contribution is -0.120. The number of ether oxygens (including phenoxy) is 1. The zero-order chi connectivity index (χ0) is 25.8. The highest BCUT2D eigenvalue weighted by Crippen LogP contribution is 2.28. The normalized spacial score (nSPS) is 11.3. The van der Waals surface area contributed by atoms with Crippen LogP contribution in [0, 0.1) is 6.92 Å². The third kappa shape index (κ3) is 5.00. The number of fused-ring (bicyclic) bond motifs is 2. The maximum absolute atomic E-state index is 14.0. The Bertz CT molecular complexity index is 1550. The average molecular weight is 492 g/mol. The minimum atomic E-state index is -0.0141. The largest absolute Gasteiger partial charge is 0.361 e. The van der Waals surface area contributed by atoms with E-state index in [1.165, 1.54) is 16.3 Å². The minimum absolute atomic E-state index is 0.0141. The van der Waals surface area contributed by atoms with Crippen LogP contribution >= 0.6 is 0 Å². The van der Waals surface area contributed by atoms with Crippen molar-refractivity contribution in [1.29, 1.82) is 0 Å². The standard InChI is InChI=1S/C32H33N3O2/c1-4-24-14-10-12-23(3)32(24)35(22-37-5-2)31(36)21-34-29-19-9-8-18-28(29)33-30(34)20-26-16-11-15-25-13-6-7-17-27(25)26/h6-19H,4-5,20-22H2,1-3H3. The Hall–Kier alpha value is -3.96. The van der Waals surface area contributed by atoms with Crippen LogP contribution in [0.1, 0.15) is 36.4 Å². The Balaban J connectivity index is 1.55. The van der Waals surface area contributed by atoms with Crippen molar-refractivity contribution in [3.8, 4) is 0 Å². The second-order valence-corrected chi connectivity index (χ2v) is 9.30. The third-order valence-electron chi connectivity index (χ3n) is 6.95. The van der Waals surface area contributed by atoms with Gasteiger partial charge < -0.3 is 9.30 Å². The number of aryl methyl sites for hydroxylation is 2. The molecule has 0 unspecified atom stereocenters. The maximum atomic E-state index is 14.0. The molecule has 4 aromatic carbocycles. The number of nitrogens with zero attached hydrogens (tertiary/aromatic N) is 3. The van der Waals surface area contributed by atoms with Crippen molar-refractivity contribution in [2.24, 2.45) is 0 Å². The molecule has 0 saturated heterocycles. The Morgan fingerprint density at radius 1 is 0.892 bits per heavy atom. The van der Waals surface area contributed by atoms with Crippen LogP contribution in [0.3, 0.4) is 0 Å². The van der Waals surface area contributed by atoms with E-state index in [1.807, 2.05) is 37.3 Å². The third-order valence-corrected chi connectivity index (χ3v) is 6.95. The quantitative estimate of drug-likeness (QED) is 0.216. The van der Waals surface area contributed by atoms with E-state index < -0.39 is 0 Å². The lowest BCUT2D eigenvalue weighted by atomic mass is 10.0. The van der Waals surface area contributed by atoms with E-state index in [2.05, 4.69) is 73.0 Å². The molecule has 0 aliphatic carbocycles. The number of carbonyl (C=O) groups excluding carboxylic acids is 1. The van der Waals surface area contributed by atoms with Crippen LogP contribution in [0.4, 0.5) is 5.69 Å². The monoisotopic (exact) mass is 491 g/mol. The molecule has 188 valence electrons. The van der Waals surface area contributed by atoms with Crippen LogP contribution in [0.5, 0.6) is 0 Å². The molecule has 5 aromatic rings. The summed E-state index contributed by atoms with van der Waals surface area (Å²) in [6.45, 7) is 7.07. The first-order valence-electron chi connectivity index (χ1n) is 13.0. The summed E-state index contributed by atoms with van der Waals surface area (Å²) in [4.78, 5) is 20.8.